The van der Waals surface area contributed by atoms with E-state index in [4.69, 9.17) is 4.74 Å². The Morgan fingerprint density at radius 3 is 2.71 bits per heavy atom. The molecule has 1 saturated heterocycles. The molecule has 2 atom stereocenters. The van der Waals surface area contributed by atoms with Crippen LogP contribution >= 0.6 is 22.6 Å². The Morgan fingerprint density at radius 2 is 2.06 bits per heavy atom. The van der Waals surface area contributed by atoms with Crippen LogP contribution in [0.3, 0.4) is 0 Å². The molecule has 2 rings (SSSR count). The van der Waals surface area contributed by atoms with Crippen LogP contribution in [0.2, 0.25) is 0 Å². The highest BCUT2D eigenvalue weighted by Crippen LogP contribution is 2.27. The van der Waals surface area contributed by atoms with Gasteiger partial charge in [0, 0.05) is 3.57 Å². The number of rotatable bonds is 4. The van der Waals surface area contributed by atoms with E-state index in [0.29, 0.717) is 0 Å². The van der Waals surface area contributed by atoms with E-state index < -0.39 is 0 Å². The van der Waals surface area contributed by atoms with Crippen LogP contribution in [-0.4, -0.2) is 12.1 Å². The van der Waals surface area contributed by atoms with E-state index in [2.05, 4.69) is 53.8 Å². The first-order valence-corrected chi connectivity index (χ1v) is 7.22. The highest BCUT2D eigenvalue weighted by atomic mass is 127. The van der Waals surface area contributed by atoms with Crippen LogP contribution in [0.15, 0.2) is 24.3 Å². The Labute approximate surface area is 116 Å². The third-order valence-electron chi connectivity index (χ3n) is 3.17. The molecule has 1 aliphatic heterocycles. The van der Waals surface area contributed by atoms with E-state index in [9.17, 15) is 4.79 Å². The highest BCUT2D eigenvalue weighted by molar-refractivity contribution is 14.1. The van der Waals surface area contributed by atoms with Crippen LogP contribution in [0, 0.1) is 9.49 Å². The Kier molecular flexibility index (Phi) is 4.42. The smallest absolute Gasteiger partial charge is 0.309 e. The van der Waals surface area contributed by atoms with Crippen LogP contribution in [0.4, 0.5) is 0 Å². The van der Waals surface area contributed by atoms with Gasteiger partial charge in [-0.3, -0.25) is 4.79 Å². The predicted molar refractivity (Wildman–Crippen MR) is 75.8 cm³/mol. The van der Waals surface area contributed by atoms with Crippen LogP contribution in [0.1, 0.15) is 31.7 Å². The van der Waals surface area contributed by atoms with E-state index in [0.717, 1.165) is 25.7 Å². The van der Waals surface area contributed by atoms with Crippen molar-refractivity contribution in [2.75, 3.05) is 0 Å². The van der Waals surface area contributed by atoms with Gasteiger partial charge in [0.25, 0.3) is 0 Å². The fourth-order valence-corrected chi connectivity index (χ4v) is 2.65. The molecule has 0 aromatic heterocycles. The monoisotopic (exact) mass is 344 g/mol. The van der Waals surface area contributed by atoms with Gasteiger partial charge in [-0.25, -0.2) is 0 Å². The van der Waals surface area contributed by atoms with Gasteiger partial charge in [-0.05, 0) is 59.5 Å². The zero-order valence-corrected chi connectivity index (χ0v) is 12.1. The summed E-state index contributed by atoms with van der Waals surface area (Å²) in [7, 11) is 0. The maximum absolute atomic E-state index is 11.7. The standard InChI is InChI=1S/C14H17IO2/c1-2-3-13-9-11(14(16)17-13)8-10-4-6-12(15)7-5-10/h4-7,11,13H,2-3,8-9H2,1H3. The summed E-state index contributed by atoms with van der Waals surface area (Å²) in [5, 5.41) is 0. The SMILES string of the molecule is CCCC1CC(Cc2ccc(I)cc2)C(=O)O1. The molecule has 1 aromatic carbocycles. The van der Waals surface area contributed by atoms with Crippen LogP contribution in [0.5, 0.6) is 0 Å². The molecule has 1 aromatic rings. The maximum Gasteiger partial charge on any atom is 0.309 e. The lowest BCUT2D eigenvalue weighted by molar-refractivity contribution is -0.144. The summed E-state index contributed by atoms with van der Waals surface area (Å²) in [6.45, 7) is 2.13. The second-order valence-corrected chi connectivity index (χ2v) is 5.86. The van der Waals surface area contributed by atoms with Crippen molar-refractivity contribution < 1.29 is 9.53 Å². The Balaban J connectivity index is 1.95. The summed E-state index contributed by atoms with van der Waals surface area (Å²) >= 11 is 2.29. The van der Waals surface area contributed by atoms with E-state index in [-0.39, 0.29) is 18.0 Å². The lowest BCUT2D eigenvalue weighted by atomic mass is 9.95. The summed E-state index contributed by atoms with van der Waals surface area (Å²) in [5.74, 6) is 0.0496. The van der Waals surface area contributed by atoms with Gasteiger partial charge >= 0.3 is 5.97 Å². The molecule has 3 heteroatoms. The summed E-state index contributed by atoms with van der Waals surface area (Å²) in [6.07, 6.45) is 3.93. The zero-order chi connectivity index (χ0) is 12.3. The quantitative estimate of drug-likeness (QED) is 0.617. The minimum Gasteiger partial charge on any atom is -0.462 e. The van der Waals surface area contributed by atoms with Gasteiger partial charge in [0.2, 0.25) is 0 Å². The van der Waals surface area contributed by atoms with Crippen molar-refractivity contribution in [2.45, 2.75) is 38.7 Å². The number of cyclic esters (lactones) is 1. The lowest BCUT2D eigenvalue weighted by Gasteiger charge is -2.06. The first-order valence-electron chi connectivity index (χ1n) is 6.14. The molecule has 0 aliphatic carbocycles. The molecule has 0 amide bonds. The van der Waals surface area contributed by atoms with Crippen molar-refractivity contribution in [2.24, 2.45) is 5.92 Å². The third kappa shape index (κ3) is 3.44. The molecule has 0 N–H and O–H groups in total. The van der Waals surface area contributed by atoms with Crippen molar-refractivity contribution in [1.82, 2.24) is 0 Å². The van der Waals surface area contributed by atoms with E-state index in [1.54, 1.807) is 0 Å². The number of halogens is 1. The van der Waals surface area contributed by atoms with Crippen LogP contribution < -0.4 is 0 Å². The Hall–Kier alpha value is -0.580. The topological polar surface area (TPSA) is 26.3 Å². The molecule has 0 spiro atoms. The molecule has 0 radical (unpaired) electrons. The molecular weight excluding hydrogens is 327 g/mol. The Morgan fingerprint density at radius 1 is 1.35 bits per heavy atom. The molecule has 2 unspecified atom stereocenters. The molecule has 17 heavy (non-hydrogen) atoms. The number of benzene rings is 1. The highest BCUT2D eigenvalue weighted by Gasteiger charge is 2.33. The average molecular weight is 344 g/mol. The number of esters is 1. The fourth-order valence-electron chi connectivity index (χ4n) is 2.29. The largest absolute Gasteiger partial charge is 0.462 e. The van der Waals surface area contributed by atoms with E-state index in [1.807, 2.05) is 0 Å². The number of ether oxygens (including phenoxy) is 1. The van der Waals surface area contributed by atoms with Gasteiger partial charge in [-0.2, -0.15) is 0 Å². The number of hydrogen-bond donors (Lipinski definition) is 0. The summed E-state index contributed by atoms with van der Waals surface area (Å²) in [5.41, 5.74) is 1.23. The lowest BCUT2D eigenvalue weighted by Crippen LogP contribution is -2.10. The van der Waals surface area contributed by atoms with Crippen molar-refractivity contribution in [3.63, 3.8) is 0 Å². The van der Waals surface area contributed by atoms with Crippen LogP contribution in [-0.2, 0) is 16.0 Å². The van der Waals surface area contributed by atoms with Gasteiger partial charge in [0.05, 0.1) is 5.92 Å². The maximum atomic E-state index is 11.7. The van der Waals surface area contributed by atoms with Gasteiger partial charge in [0.1, 0.15) is 6.10 Å². The first kappa shape index (κ1) is 12.9. The van der Waals surface area contributed by atoms with E-state index in [1.165, 1.54) is 9.13 Å². The number of carbonyl (C=O) groups is 1. The van der Waals surface area contributed by atoms with E-state index >= 15 is 0 Å². The summed E-state index contributed by atoms with van der Waals surface area (Å²) in [6, 6.07) is 8.36. The van der Waals surface area contributed by atoms with Gasteiger partial charge in [0.15, 0.2) is 0 Å². The zero-order valence-electron chi connectivity index (χ0n) is 9.99. The van der Waals surface area contributed by atoms with Crippen molar-refractivity contribution in [3.8, 4) is 0 Å². The number of hydrogen-bond acceptors (Lipinski definition) is 2. The van der Waals surface area contributed by atoms with Crippen LogP contribution in [0.25, 0.3) is 0 Å². The number of carbonyl (C=O) groups excluding carboxylic acids is 1. The van der Waals surface area contributed by atoms with Crippen molar-refractivity contribution >= 4 is 28.6 Å². The minimum absolute atomic E-state index is 0.0120. The summed E-state index contributed by atoms with van der Waals surface area (Å²) < 4.78 is 6.60. The molecule has 92 valence electrons. The molecule has 1 aliphatic rings. The van der Waals surface area contributed by atoms with Crippen molar-refractivity contribution in [3.05, 3.63) is 33.4 Å². The normalized spacial score (nSPS) is 23.8. The first-order chi connectivity index (χ1) is 8.19. The fraction of sp³-hybridized carbons (Fsp3) is 0.500. The predicted octanol–water partition coefficient (Wildman–Crippen LogP) is 3.57. The van der Waals surface area contributed by atoms with Gasteiger partial charge < -0.3 is 4.74 Å². The third-order valence-corrected chi connectivity index (χ3v) is 3.89. The second-order valence-electron chi connectivity index (χ2n) is 4.61. The van der Waals surface area contributed by atoms with Crippen molar-refractivity contribution in [1.29, 1.82) is 0 Å². The Bertz CT molecular complexity index is 386. The molecule has 0 saturated carbocycles. The van der Waals surface area contributed by atoms with Gasteiger partial charge in [-0.15, -0.1) is 0 Å². The second kappa shape index (κ2) is 5.85. The molecular formula is C14H17IO2. The molecule has 1 fully saturated rings. The molecule has 1 heterocycles. The summed E-state index contributed by atoms with van der Waals surface area (Å²) in [4.78, 5) is 11.7. The average Bonchev–Trinajstić information content (AvgIpc) is 2.63. The molecule has 0 bridgehead atoms. The minimum atomic E-state index is -0.0120. The van der Waals surface area contributed by atoms with Gasteiger partial charge in [-0.1, -0.05) is 25.5 Å². The molecule has 2 nitrogen and oxygen atoms in total.